The number of hydrogen-bond donors (Lipinski definition) is 2. The number of benzene rings is 1. The van der Waals surface area contributed by atoms with E-state index in [1.54, 1.807) is 6.07 Å². The molecular formula is C18H23ClF2N6O. The topological polar surface area (TPSA) is 76.4 Å². The van der Waals surface area contributed by atoms with Gasteiger partial charge in [-0.25, -0.2) is 14.7 Å². The molecule has 1 aromatic heterocycles. The Balaban J connectivity index is 1.70. The highest BCUT2D eigenvalue weighted by atomic mass is 35.5. The Bertz CT molecular complexity index is 841. The third kappa shape index (κ3) is 5.31. The molecule has 0 aliphatic carbocycles. The Morgan fingerprint density at radius 3 is 3.04 bits per heavy atom. The lowest BCUT2D eigenvalue weighted by Crippen LogP contribution is -2.47. The molecule has 2 heterocycles. The number of aryl methyl sites for hydroxylation is 2. The van der Waals surface area contributed by atoms with Crippen LogP contribution < -0.4 is 15.4 Å². The number of guanidine groups is 1. The van der Waals surface area contributed by atoms with E-state index >= 15 is 0 Å². The lowest BCUT2D eigenvalue weighted by molar-refractivity contribution is -0.0504. The first-order valence-corrected chi connectivity index (χ1v) is 9.50. The van der Waals surface area contributed by atoms with Gasteiger partial charge in [0.1, 0.15) is 17.4 Å². The molecule has 0 saturated carbocycles. The first-order chi connectivity index (χ1) is 13.4. The van der Waals surface area contributed by atoms with Crippen LogP contribution in [-0.4, -0.2) is 39.9 Å². The molecule has 0 spiro atoms. The lowest BCUT2D eigenvalue weighted by Gasteiger charge is -2.25. The van der Waals surface area contributed by atoms with E-state index in [4.69, 9.17) is 11.6 Å². The monoisotopic (exact) mass is 412 g/mol. The molecule has 0 bridgehead atoms. The maximum Gasteiger partial charge on any atom is 0.387 e. The molecule has 152 valence electrons. The van der Waals surface area contributed by atoms with Crippen molar-refractivity contribution in [1.82, 2.24) is 25.4 Å². The first-order valence-electron chi connectivity index (χ1n) is 9.13. The average Bonchev–Trinajstić information content (AvgIpc) is 3.00. The minimum atomic E-state index is -2.90. The van der Waals surface area contributed by atoms with Crippen molar-refractivity contribution < 1.29 is 13.5 Å². The van der Waals surface area contributed by atoms with Crippen LogP contribution in [0.3, 0.4) is 0 Å². The molecule has 1 atom stereocenters. The minimum Gasteiger partial charge on any atom is -0.434 e. The van der Waals surface area contributed by atoms with Gasteiger partial charge in [0.05, 0.1) is 13.1 Å². The Hall–Kier alpha value is -2.42. The number of ether oxygens (including phenoxy) is 1. The van der Waals surface area contributed by atoms with Crippen LogP contribution in [-0.2, 0) is 19.5 Å². The van der Waals surface area contributed by atoms with E-state index in [1.165, 1.54) is 12.1 Å². The molecule has 1 aromatic carbocycles. The molecule has 0 radical (unpaired) electrons. The smallest absolute Gasteiger partial charge is 0.387 e. The molecule has 0 saturated heterocycles. The van der Waals surface area contributed by atoms with Crippen LogP contribution in [0.2, 0.25) is 5.02 Å². The van der Waals surface area contributed by atoms with Gasteiger partial charge in [0, 0.05) is 29.6 Å². The summed E-state index contributed by atoms with van der Waals surface area (Å²) in [5.74, 6) is 2.42. The van der Waals surface area contributed by atoms with E-state index < -0.39 is 6.61 Å². The minimum absolute atomic E-state index is 0.0689. The summed E-state index contributed by atoms with van der Waals surface area (Å²) in [7, 11) is 0. The predicted molar refractivity (Wildman–Crippen MR) is 103 cm³/mol. The van der Waals surface area contributed by atoms with Crippen molar-refractivity contribution in [3.63, 3.8) is 0 Å². The SMILES string of the molecule is CCNC(=NCc1cc(Cl)ccc1OC(F)F)NC1CCc2nc(C)nn2C1. The fourth-order valence-electron chi connectivity index (χ4n) is 3.11. The summed E-state index contributed by atoms with van der Waals surface area (Å²) < 4.78 is 31.7. The van der Waals surface area contributed by atoms with Gasteiger partial charge in [-0.05, 0) is 38.5 Å². The number of nitrogens with one attached hydrogen (secondary N) is 2. The number of alkyl halides is 2. The van der Waals surface area contributed by atoms with Crippen LogP contribution >= 0.6 is 11.6 Å². The fraction of sp³-hybridized carbons (Fsp3) is 0.500. The second-order valence-corrected chi connectivity index (χ2v) is 6.90. The molecule has 1 aliphatic rings. The molecule has 2 N–H and O–H groups in total. The van der Waals surface area contributed by atoms with Crippen LogP contribution in [0.25, 0.3) is 0 Å². The van der Waals surface area contributed by atoms with Gasteiger partial charge >= 0.3 is 6.61 Å². The van der Waals surface area contributed by atoms with Crippen molar-refractivity contribution in [3.8, 4) is 5.75 Å². The van der Waals surface area contributed by atoms with Gasteiger partial charge < -0.3 is 15.4 Å². The number of nitrogens with zero attached hydrogens (tertiary/aromatic N) is 4. The van der Waals surface area contributed by atoms with Crippen molar-refractivity contribution >= 4 is 17.6 Å². The molecule has 10 heteroatoms. The van der Waals surface area contributed by atoms with Crippen molar-refractivity contribution in [2.75, 3.05) is 6.54 Å². The molecule has 1 aliphatic heterocycles. The number of aromatic nitrogens is 3. The molecule has 7 nitrogen and oxygen atoms in total. The van der Waals surface area contributed by atoms with Crippen molar-refractivity contribution in [2.45, 2.75) is 52.4 Å². The van der Waals surface area contributed by atoms with Gasteiger partial charge in [0.25, 0.3) is 0 Å². The van der Waals surface area contributed by atoms with Crippen LogP contribution in [0.15, 0.2) is 23.2 Å². The maximum atomic E-state index is 12.6. The Labute approximate surface area is 167 Å². The van der Waals surface area contributed by atoms with Crippen molar-refractivity contribution in [3.05, 3.63) is 40.4 Å². The van der Waals surface area contributed by atoms with Crippen LogP contribution in [0.1, 0.15) is 30.6 Å². The first kappa shape index (κ1) is 20.3. The average molecular weight is 413 g/mol. The molecule has 28 heavy (non-hydrogen) atoms. The van der Waals surface area contributed by atoms with Crippen molar-refractivity contribution in [1.29, 1.82) is 0 Å². The summed E-state index contributed by atoms with van der Waals surface area (Å²) in [6, 6.07) is 4.66. The van der Waals surface area contributed by atoms with E-state index in [-0.39, 0.29) is 18.3 Å². The number of aliphatic imine (C=N–C) groups is 1. The van der Waals surface area contributed by atoms with Crippen LogP contribution in [0.4, 0.5) is 8.78 Å². The van der Waals surface area contributed by atoms with Crippen molar-refractivity contribution in [2.24, 2.45) is 4.99 Å². The maximum absolute atomic E-state index is 12.6. The lowest BCUT2D eigenvalue weighted by atomic mass is 10.1. The van der Waals surface area contributed by atoms with E-state index in [0.717, 1.165) is 24.5 Å². The summed E-state index contributed by atoms with van der Waals surface area (Å²) in [5.41, 5.74) is 0.489. The molecule has 2 aromatic rings. The standard InChI is InChI=1S/C18H23ClF2N6O/c1-3-22-18(25-14-5-7-16-24-11(2)26-27(16)10-14)23-9-12-8-13(19)4-6-15(12)28-17(20)21/h4,6,8,14,17H,3,5,7,9-10H2,1-2H3,(H2,22,23,25). The number of hydrogen-bond acceptors (Lipinski definition) is 4. The molecule has 0 fully saturated rings. The van der Waals surface area contributed by atoms with Gasteiger partial charge in [0.15, 0.2) is 5.96 Å². The molecule has 3 rings (SSSR count). The number of halogens is 3. The van der Waals surface area contributed by atoms with E-state index in [0.29, 0.717) is 29.6 Å². The van der Waals surface area contributed by atoms with E-state index in [9.17, 15) is 8.78 Å². The third-order valence-electron chi connectivity index (χ3n) is 4.30. The zero-order valence-electron chi connectivity index (χ0n) is 15.8. The number of fused-ring (bicyclic) bond motifs is 1. The number of rotatable bonds is 6. The Kier molecular flexibility index (Phi) is 6.66. The highest BCUT2D eigenvalue weighted by Crippen LogP contribution is 2.25. The zero-order chi connectivity index (χ0) is 20.1. The van der Waals surface area contributed by atoms with Gasteiger partial charge in [0.2, 0.25) is 0 Å². The molecule has 1 unspecified atom stereocenters. The zero-order valence-corrected chi connectivity index (χ0v) is 16.5. The van der Waals surface area contributed by atoms with Gasteiger partial charge in [-0.3, -0.25) is 0 Å². The van der Waals surface area contributed by atoms with Gasteiger partial charge in [-0.15, -0.1) is 0 Å². The summed E-state index contributed by atoms with van der Waals surface area (Å²) in [6.45, 7) is 2.45. The summed E-state index contributed by atoms with van der Waals surface area (Å²) >= 11 is 6.00. The molecular weight excluding hydrogens is 390 g/mol. The second kappa shape index (κ2) is 9.18. The predicted octanol–water partition coefficient (Wildman–Crippen LogP) is 2.91. The van der Waals surface area contributed by atoms with Gasteiger partial charge in [-0.2, -0.15) is 13.9 Å². The largest absolute Gasteiger partial charge is 0.434 e. The summed E-state index contributed by atoms with van der Waals surface area (Å²) in [4.78, 5) is 8.92. The van der Waals surface area contributed by atoms with E-state index in [1.807, 2.05) is 18.5 Å². The normalized spacial score (nSPS) is 16.8. The van der Waals surface area contributed by atoms with Crippen LogP contribution in [0.5, 0.6) is 5.75 Å². The summed E-state index contributed by atoms with van der Waals surface area (Å²) in [5, 5.41) is 11.4. The quantitative estimate of drug-likeness (QED) is 0.563. The van der Waals surface area contributed by atoms with Gasteiger partial charge in [-0.1, -0.05) is 11.6 Å². The molecule has 0 amide bonds. The van der Waals surface area contributed by atoms with E-state index in [2.05, 4.69) is 30.4 Å². The highest BCUT2D eigenvalue weighted by Gasteiger charge is 2.21. The van der Waals surface area contributed by atoms with Crippen LogP contribution in [0, 0.1) is 6.92 Å². The third-order valence-corrected chi connectivity index (χ3v) is 4.53. The fourth-order valence-corrected chi connectivity index (χ4v) is 3.31. The Morgan fingerprint density at radius 2 is 2.29 bits per heavy atom. The highest BCUT2D eigenvalue weighted by molar-refractivity contribution is 6.30. The second-order valence-electron chi connectivity index (χ2n) is 6.46. The summed E-state index contributed by atoms with van der Waals surface area (Å²) in [6.07, 6.45) is 1.73. The Morgan fingerprint density at radius 1 is 1.46 bits per heavy atom.